The van der Waals surface area contributed by atoms with Crippen molar-refractivity contribution in [1.29, 1.82) is 0 Å². The molecule has 4 nitrogen and oxygen atoms in total. The Hall–Kier alpha value is -2.44. The minimum Gasteiger partial charge on any atom is -0.337 e. The molecule has 0 saturated carbocycles. The molecule has 0 aliphatic heterocycles. The van der Waals surface area contributed by atoms with E-state index in [0.717, 1.165) is 50.9 Å². The SMILES string of the molecule is Cc1ccc(-c2nc(SCCCSc3ncc(C)[nH]3)[nH]c2-c2ccc(C)cc2)cc1. The summed E-state index contributed by atoms with van der Waals surface area (Å²) in [5.41, 5.74) is 8.03. The van der Waals surface area contributed by atoms with E-state index in [9.17, 15) is 0 Å². The Labute approximate surface area is 186 Å². The molecule has 0 aliphatic carbocycles. The van der Waals surface area contributed by atoms with Crippen molar-refractivity contribution >= 4 is 23.5 Å². The Balaban J connectivity index is 1.47. The number of nitrogens with zero attached hydrogens (tertiary/aromatic N) is 2. The lowest BCUT2D eigenvalue weighted by Crippen LogP contribution is -1.86. The zero-order valence-electron chi connectivity index (χ0n) is 17.5. The third-order valence-corrected chi connectivity index (χ3v) is 6.73. The summed E-state index contributed by atoms with van der Waals surface area (Å²) in [6.45, 7) is 6.25. The Morgan fingerprint density at radius 2 is 1.33 bits per heavy atom. The van der Waals surface area contributed by atoms with E-state index < -0.39 is 0 Å². The van der Waals surface area contributed by atoms with Gasteiger partial charge in [0.05, 0.1) is 11.4 Å². The Kier molecular flexibility index (Phi) is 6.65. The molecular weight excluding hydrogens is 408 g/mol. The van der Waals surface area contributed by atoms with E-state index in [-0.39, 0.29) is 0 Å². The fourth-order valence-electron chi connectivity index (χ4n) is 3.13. The lowest BCUT2D eigenvalue weighted by atomic mass is 10.0. The number of rotatable bonds is 8. The first-order chi connectivity index (χ1) is 14.6. The highest BCUT2D eigenvalue weighted by atomic mass is 32.2. The highest BCUT2D eigenvalue weighted by Crippen LogP contribution is 2.33. The number of H-pyrrole nitrogens is 2. The molecule has 2 N–H and O–H groups in total. The average Bonchev–Trinajstić information content (AvgIpc) is 3.35. The molecular formula is C24H26N4S2. The first kappa shape index (κ1) is 20.8. The van der Waals surface area contributed by atoms with Crippen molar-refractivity contribution in [3.8, 4) is 22.5 Å². The fourth-order valence-corrected chi connectivity index (χ4v) is 4.97. The van der Waals surface area contributed by atoms with Crippen molar-refractivity contribution in [3.05, 3.63) is 71.5 Å². The van der Waals surface area contributed by atoms with Crippen LogP contribution < -0.4 is 0 Å². The fraction of sp³-hybridized carbons (Fsp3) is 0.250. The smallest absolute Gasteiger partial charge is 0.166 e. The molecule has 4 aromatic rings. The van der Waals surface area contributed by atoms with Gasteiger partial charge in [-0.05, 0) is 27.2 Å². The molecule has 0 aliphatic rings. The Bertz CT molecular complexity index is 1030. The molecule has 0 amide bonds. The van der Waals surface area contributed by atoms with Gasteiger partial charge in [0.1, 0.15) is 0 Å². The molecule has 6 heteroatoms. The van der Waals surface area contributed by atoms with Crippen LogP contribution in [-0.4, -0.2) is 31.4 Å². The van der Waals surface area contributed by atoms with Gasteiger partial charge in [-0.1, -0.05) is 83.2 Å². The maximum absolute atomic E-state index is 4.95. The van der Waals surface area contributed by atoms with Gasteiger partial charge in [-0.3, -0.25) is 0 Å². The van der Waals surface area contributed by atoms with E-state index in [1.807, 2.05) is 13.1 Å². The van der Waals surface area contributed by atoms with Crippen molar-refractivity contribution in [2.24, 2.45) is 0 Å². The van der Waals surface area contributed by atoms with E-state index in [4.69, 9.17) is 4.98 Å². The number of imidazole rings is 2. The number of hydrogen-bond donors (Lipinski definition) is 2. The van der Waals surface area contributed by atoms with Crippen LogP contribution in [0.25, 0.3) is 22.5 Å². The number of aryl methyl sites for hydroxylation is 3. The van der Waals surface area contributed by atoms with Crippen molar-refractivity contribution in [3.63, 3.8) is 0 Å². The molecule has 2 aromatic heterocycles. The standard InChI is InChI=1S/C24H26N4S2/c1-16-5-9-19(10-6-16)21-22(20-11-7-17(2)8-12-20)28-24(27-21)30-14-4-13-29-23-25-15-18(3)26-23/h5-12,15H,4,13-14H2,1-3H3,(H,25,26)(H,27,28). The predicted octanol–water partition coefficient (Wildman–Crippen LogP) is 6.67. The molecule has 0 bridgehead atoms. The number of nitrogens with one attached hydrogen (secondary N) is 2. The molecule has 2 aromatic carbocycles. The molecule has 0 atom stereocenters. The second kappa shape index (κ2) is 9.58. The molecule has 0 unspecified atom stereocenters. The molecule has 30 heavy (non-hydrogen) atoms. The maximum atomic E-state index is 4.95. The number of hydrogen-bond acceptors (Lipinski definition) is 4. The highest BCUT2D eigenvalue weighted by molar-refractivity contribution is 8.00. The second-order valence-electron chi connectivity index (χ2n) is 7.42. The average molecular weight is 435 g/mol. The second-order valence-corrected chi connectivity index (χ2v) is 9.59. The van der Waals surface area contributed by atoms with Gasteiger partial charge in [0.15, 0.2) is 10.3 Å². The summed E-state index contributed by atoms with van der Waals surface area (Å²) >= 11 is 3.55. The molecule has 2 heterocycles. The van der Waals surface area contributed by atoms with E-state index in [1.165, 1.54) is 16.7 Å². The number of thioether (sulfide) groups is 2. The summed E-state index contributed by atoms with van der Waals surface area (Å²) in [4.78, 5) is 16.1. The van der Waals surface area contributed by atoms with Crippen LogP contribution in [0.3, 0.4) is 0 Å². The van der Waals surface area contributed by atoms with Crippen molar-refractivity contribution in [2.75, 3.05) is 11.5 Å². The monoisotopic (exact) mass is 434 g/mol. The normalized spacial score (nSPS) is 11.2. The number of benzene rings is 2. The zero-order valence-corrected chi connectivity index (χ0v) is 19.2. The van der Waals surface area contributed by atoms with Crippen molar-refractivity contribution in [2.45, 2.75) is 37.5 Å². The van der Waals surface area contributed by atoms with Crippen LogP contribution in [0.15, 0.2) is 65.0 Å². The minimum absolute atomic E-state index is 0.972. The van der Waals surface area contributed by atoms with Crippen LogP contribution in [-0.2, 0) is 0 Å². The molecule has 154 valence electrons. The summed E-state index contributed by atoms with van der Waals surface area (Å²) in [5.74, 6) is 2.05. The van der Waals surface area contributed by atoms with Gasteiger partial charge in [0.2, 0.25) is 0 Å². The molecule has 4 rings (SSSR count). The molecule has 0 saturated heterocycles. The van der Waals surface area contributed by atoms with Gasteiger partial charge in [-0.25, -0.2) is 9.97 Å². The summed E-state index contributed by atoms with van der Waals surface area (Å²) in [6, 6.07) is 17.2. The van der Waals surface area contributed by atoms with E-state index in [1.54, 1.807) is 23.5 Å². The van der Waals surface area contributed by atoms with Gasteiger partial charge in [0.25, 0.3) is 0 Å². The quantitative estimate of drug-likeness (QED) is 0.240. The van der Waals surface area contributed by atoms with E-state index >= 15 is 0 Å². The Morgan fingerprint density at radius 3 is 1.93 bits per heavy atom. The van der Waals surface area contributed by atoms with Gasteiger partial charge in [-0.15, -0.1) is 0 Å². The van der Waals surface area contributed by atoms with Gasteiger partial charge in [0, 0.05) is 34.5 Å². The van der Waals surface area contributed by atoms with Crippen LogP contribution in [0.1, 0.15) is 23.2 Å². The molecule has 0 fully saturated rings. The largest absolute Gasteiger partial charge is 0.337 e. The Morgan fingerprint density at radius 1 is 0.733 bits per heavy atom. The highest BCUT2D eigenvalue weighted by Gasteiger charge is 2.14. The summed E-state index contributed by atoms with van der Waals surface area (Å²) in [5, 5.41) is 1.97. The summed E-state index contributed by atoms with van der Waals surface area (Å²) in [7, 11) is 0. The van der Waals surface area contributed by atoms with E-state index in [2.05, 4.69) is 77.3 Å². The van der Waals surface area contributed by atoms with Crippen LogP contribution >= 0.6 is 23.5 Å². The third-order valence-electron chi connectivity index (χ3n) is 4.79. The summed E-state index contributed by atoms with van der Waals surface area (Å²) in [6.07, 6.45) is 2.97. The van der Waals surface area contributed by atoms with Gasteiger partial charge in [-0.2, -0.15) is 0 Å². The topological polar surface area (TPSA) is 57.4 Å². The van der Waals surface area contributed by atoms with E-state index in [0.29, 0.717) is 0 Å². The number of aromatic nitrogens is 4. The third kappa shape index (κ3) is 5.18. The van der Waals surface area contributed by atoms with Gasteiger partial charge < -0.3 is 9.97 Å². The zero-order chi connectivity index (χ0) is 20.9. The lowest BCUT2D eigenvalue weighted by molar-refractivity contribution is 1.02. The van der Waals surface area contributed by atoms with Crippen LogP contribution in [0.4, 0.5) is 0 Å². The van der Waals surface area contributed by atoms with Crippen molar-refractivity contribution < 1.29 is 0 Å². The number of aromatic amines is 2. The van der Waals surface area contributed by atoms with Crippen molar-refractivity contribution in [1.82, 2.24) is 19.9 Å². The maximum Gasteiger partial charge on any atom is 0.166 e. The first-order valence-corrected chi connectivity index (χ1v) is 12.1. The van der Waals surface area contributed by atoms with Crippen LogP contribution in [0.5, 0.6) is 0 Å². The minimum atomic E-state index is 0.972. The molecule has 0 radical (unpaired) electrons. The van der Waals surface area contributed by atoms with Crippen LogP contribution in [0.2, 0.25) is 0 Å². The van der Waals surface area contributed by atoms with Crippen LogP contribution in [0, 0.1) is 20.8 Å². The summed E-state index contributed by atoms with van der Waals surface area (Å²) < 4.78 is 0. The molecule has 0 spiro atoms. The van der Waals surface area contributed by atoms with Gasteiger partial charge >= 0.3 is 0 Å². The first-order valence-electron chi connectivity index (χ1n) is 10.1. The predicted molar refractivity (Wildman–Crippen MR) is 128 cm³/mol. The lowest BCUT2D eigenvalue weighted by Gasteiger charge is -2.04.